The van der Waals surface area contributed by atoms with Gasteiger partial charge in [-0.25, -0.2) is 0 Å². The van der Waals surface area contributed by atoms with E-state index in [0.29, 0.717) is 37.5 Å². The van der Waals surface area contributed by atoms with Gasteiger partial charge in [0, 0.05) is 51.8 Å². The Hall–Kier alpha value is -2.91. The molecule has 0 aliphatic carbocycles. The molecule has 3 saturated heterocycles. The number of aryl methyl sites for hydroxylation is 1. The largest absolute Gasteiger partial charge is 0.483 e. The van der Waals surface area contributed by atoms with Crippen LogP contribution in [0.4, 0.5) is 0 Å². The van der Waals surface area contributed by atoms with Crippen LogP contribution in [0.5, 0.6) is 0 Å². The van der Waals surface area contributed by atoms with E-state index < -0.39 is 0 Å². The summed E-state index contributed by atoms with van der Waals surface area (Å²) in [6.07, 6.45) is 6.93. The van der Waals surface area contributed by atoms with Crippen LogP contribution in [0, 0.1) is 11.8 Å². The molecule has 2 N–H and O–H groups in total. The van der Waals surface area contributed by atoms with Gasteiger partial charge in [-0.2, -0.15) is 5.10 Å². The fourth-order valence-corrected chi connectivity index (χ4v) is 5.28. The highest BCUT2D eigenvalue weighted by Gasteiger charge is 2.50. The second kappa shape index (κ2) is 9.93. The predicted molar refractivity (Wildman–Crippen MR) is 111 cm³/mol. The average molecular weight is 434 g/mol. The number of carboxylic acid groups (broad SMARTS) is 1. The standard InChI is InChI=1S/C20H29N5O3.CH2O2/c1-3-24-12-16(8-22-24)20(28)23-10-14-7-15(11-23)18(9-21-13(2)26)25-17(14)5-4-6-19(25)27;2-1-3/h8,12,14-15,17-18H,3-7,9-11H2,1-2H3,(H,21,26);1H,(H,2,3)/t14-,15+,17+,18+;/m1./s1. The maximum Gasteiger partial charge on any atom is 0.290 e. The minimum absolute atomic E-state index is 0.0169. The normalized spacial score (nSPS) is 27.0. The summed E-state index contributed by atoms with van der Waals surface area (Å²) in [5, 5.41) is 14.0. The van der Waals surface area contributed by atoms with Crippen LogP contribution in [0.2, 0.25) is 0 Å². The van der Waals surface area contributed by atoms with Crippen LogP contribution in [0.3, 0.4) is 0 Å². The number of fused-ring (bicyclic) bond motifs is 4. The first kappa shape index (κ1) is 22.8. The fourth-order valence-electron chi connectivity index (χ4n) is 5.28. The Morgan fingerprint density at radius 3 is 2.68 bits per heavy atom. The summed E-state index contributed by atoms with van der Waals surface area (Å²) in [5.74, 6) is 0.628. The number of nitrogens with one attached hydrogen (secondary N) is 1. The Kier molecular flexibility index (Phi) is 7.29. The van der Waals surface area contributed by atoms with E-state index in [4.69, 9.17) is 9.90 Å². The SMILES string of the molecule is CCn1cc(C(=O)N2C[C@H]3C[C@@H](C2)[C@H](CNC(C)=O)N2C(=O)CCC[C@@H]32)cn1.O=CO. The molecule has 4 rings (SSSR count). The Balaban J connectivity index is 0.000000858. The van der Waals surface area contributed by atoms with Gasteiger partial charge < -0.3 is 20.2 Å². The van der Waals surface area contributed by atoms with Crippen molar-refractivity contribution in [1.82, 2.24) is 24.9 Å². The molecule has 2 bridgehead atoms. The summed E-state index contributed by atoms with van der Waals surface area (Å²) < 4.78 is 1.76. The highest BCUT2D eigenvalue weighted by molar-refractivity contribution is 5.93. The summed E-state index contributed by atoms with van der Waals surface area (Å²) in [5.41, 5.74) is 0.622. The third-order valence-corrected chi connectivity index (χ3v) is 6.55. The van der Waals surface area contributed by atoms with Crippen molar-refractivity contribution < 1.29 is 24.3 Å². The Labute approximate surface area is 181 Å². The van der Waals surface area contributed by atoms with E-state index in [1.165, 1.54) is 6.92 Å². The first-order valence-corrected chi connectivity index (χ1v) is 10.8. The van der Waals surface area contributed by atoms with Crippen LogP contribution in [0.1, 0.15) is 49.9 Å². The second-order valence-electron chi connectivity index (χ2n) is 8.42. The van der Waals surface area contributed by atoms with E-state index in [1.54, 1.807) is 17.1 Å². The quantitative estimate of drug-likeness (QED) is 0.670. The molecule has 0 unspecified atom stereocenters. The molecular weight excluding hydrogens is 402 g/mol. The molecule has 0 saturated carbocycles. The first-order chi connectivity index (χ1) is 14.9. The smallest absolute Gasteiger partial charge is 0.290 e. The number of likely N-dealkylation sites (tertiary alicyclic amines) is 1. The summed E-state index contributed by atoms with van der Waals surface area (Å²) in [6, 6.07) is 0.136. The number of rotatable bonds is 4. The Morgan fingerprint density at radius 1 is 1.32 bits per heavy atom. The average Bonchev–Trinajstić information content (AvgIpc) is 3.23. The van der Waals surface area contributed by atoms with Gasteiger partial charge in [0.15, 0.2) is 0 Å². The number of hydrogen-bond acceptors (Lipinski definition) is 5. The van der Waals surface area contributed by atoms with Crippen LogP contribution in [0.15, 0.2) is 12.4 Å². The number of carbonyl (C=O) groups is 4. The lowest BCUT2D eigenvalue weighted by Gasteiger charge is -2.56. The maximum absolute atomic E-state index is 13.1. The van der Waals surface area contributed by atoms with E-state index in [0.717, 1.165) is 25.8 Å². The van der Waals surface area contributed by atoms with Gasteiger partial charge >= 0.3 is 0 Å². The lowest BCUT2D eigenvalue weighted by Crippen LogP contribution is -2.67. The van der Waals surface area contributed by atoms with Gasteiger partial charge in [-0.3, -0.25) is 23.9 Å². The molecule has 4 heterocycles. The third kappa shape index (κ3) is 4.88. The van der Waals surface area contributed by atoms with E-state index in [1.807, 2.05) is 11.8 Å². The fraction of sp³-hybridized carbons (Fsp3) is 0.667. The topological polar surface area (TPSA) is 125 Å². The number of amides is 3. The van der Waals surface area contributed by atoms with Gasteiger partial charge in [0.2, 0.25) is 11.8 Å². The second-order valence-corrected chi connectivity index (χ2v) is 8.42. The Morgan fingerprint density at radius 2 is 2.03 bits per heavy atom. The molecule has 3 aliphatic heterocycles. The third-order valence-electron chi connectivity index (χ3n) is 6.55. The van der Waals surface area contributed by atoms with Crippen LogP contribution in [-0.2, 0) is 20.9 Å². The highest BCUT2D eigenvalue weighted by atomic mass is 16.3. The molecule has 31 heavy (non-hydrogen) atoms. The van der Waals surface area contributed by atoms with Crippen LogP contribution in [0.25, 0.3) is 0 Å². The number of carbonyl (C=O) groups excluding carboxylic acids is 3. The summed E-state index contributed by atoms with van der Waals surface area (Å²) >= 11 is 0. The van der Waals surface area contributed by atoms with Crippen molar-refractivity contribution >= 4 is 24.2 Å². The molecule has 10 nitrogen and oxygen atoms in total. The molecule has 0 spiro atoms. The summed E-state index contributed by atoms with van der Waals surface area (Å²) in [6.45, 7) is 5.75. The molecule has 3 amide bonds. The van der Waals surface area contributed by atoms with E-state index in [2.05, 4.69) is 15.3 Å². The zero-order chi connectivity index (χ0) is 22.5. The molecule has 3 fully saturated rings. The molecule has 3 aliphatic rings. The molecule has 10 heteroatoms. The number of nitrogens with zero attached hydrogens (tertiary/aromatic N) is 4. The molecular formula is C21H31N5O5. The van der Waals surface area contributed by atoms with Gasteiger partial charge in [-0.15, -0.1) is 0 Å². The summed E-state index contributed by atoms with van der Waals surface area (Å²) in [7, 11) is 0. The lowest BCUT2D eigenvalue weighted by molar-refractivity contribution is -0.151. The van der Waals surface area contributed by atoms with Gasteiger partial charge in [0.25, 0.3) is 12.4 Å². The minimum Gasteiger partial charge on any atom is -0.483 e. The monoisotopic (exact) mass is 433 g/mol. The van der Waals surface area contributed by atoms with Crippen molar-refractivity contribution in [2.75, 3.05) is 19.6 Å². The van der Waals surface area contributed by atoms with Crippen molar-refractivity contribution in [1.29, 1.82) is 0 Å². The van der Waals surface area contributed by atoms with Crippen molar-refractivity contribution in [2.24, 2.45) is 11.8 Å². The molecule has 0 radical (unpaired) electrons. The number of piperidine rings is 3. The van der Waals surface area contributed by atoms with Crippen molar-refractivity contribution in [3.8, 4) is 0 Å². The van der Waals surface area contributed by atoms with Crippen molar-refractivity contribution in [3.05, 3.63) is 18.0 Å². The molecule has 0 aromatic carbocycles. The summed E-state index contributed by atoms with van der Waals surface area (Å²) in [4.78, 5) is 49.6. The van der Waals surface area contributed by atoms with Gasteiger partial charge in [-0.1, -0.05) is 0 Å². The Bertz CT molecular complexity index is 825. The number of hydrogen-bond donors (Lipinski definition) is 2. The van der Waals surface area contributed by atoms with Crippen LogP contribution < -0.4 is 5.32 Å². The van der Waals surface area contributed by atoms with Crippen molar-refractivity contribution in [3.63, 3.8) is 0 Å². The molecule has 170 valence electrons. The number of aromatic nitrogens is 2. The zero-order valence-corrected chi connectivity index (χ0v) is 18.1. The van der Waals surface area contributed by atoms with E-state index in [-0.39, 0.29) is 42.2 Å². The van der Waals surface area contributed by atoms with E-state index >= 15 is 0 Å². The van der Waals surface area contributed by atoms with Crippen LogP contribution >= 0.6 is 0 Å². The van der Waals surface area contributed by atoms with Gasteiger partial charge in [0.05, 0.1) is 17.8 Å². The maximum atomic E-state index is 13.1. The van der Waals surface area contributed by atoms with Gasteiger partial charge in [0.1, 0.15) is 0 Å². The zero-order valence-electron chi connectivity index (χ0n) is 18.1. The molecule has 1 aromatic rings. The van der Waals surface area contributed by atoms with Crippen molar-refractivity contribution in [2.45, 2.75) is 58.2 Å². The minimum atomic E-state index is -0.250. The van der Waals surface area contributed by atoms with Crippen LogP contribution in [-0.4, -0.2) is 80.6 Å². The predicted octanol–water partition coefficient (Wildman–Crippen LogP) is 0.582. The van der Waals surface area contributed by atoms with Gasteiger partial charge in [-0.05, 0) is 38.0 Å². The first-order valence-electron chi connectivity index (χ1n) is 10.8. The van der Waals surface area contributed by atoms with E-state index in [9.17, 15) is 14.4 Å². The lowest BCUT2D eigenvalue weighted by atomic mass is 9.72. The molecule has 4 atom stereocenters. The highest BCUT2D eigenvalue weighted by Crippen LogP contribution is 2.41. The molecule has 1 aromatic heterocycles.